The van der Waals surface area contributed by atoms with Gasteiger partial charge in [0.15, 0.2) is 0 Å². The lowest BCUT2D eigenvalue weighted by Crippen LogP contribution is -2.04. The van der Waals surface area contributed by atoms with E-state index in [2.05, 4.69) is 180 Å². The van der Waals surface area contributed by atoms with E-state index in [9.17, 15) is 0 Å². The molecular weight excluding hydrogens is 675 g/mol. The van der Waals surface area contributed by atoms with Crippen LogP contribution in [0.1, 0.15) is 0 Å². The van der Waals surface area contributed by atoms with E-state index in [1.807, 2.05) is 11.3 Å². The molecule has 9 aromatic carbocycles. The van der Waals surface area contributed by atoms with Crippen LogP contribution in [-0.4, -0.2) is 14.5 Å². The van der Waals surface area contributed by atoms with Crippen LogP contribution in [0.15, 0.2) is 176 Å². The Hall–Kier alpha value is -6.88. The predicted octanol–water partition coefficient (Wildman–Crippen LogP) is 13.9. The van der Waals surface area contributed by atoms with Crippen LogP contribution in [0.25, 0.3) is 114 Å². The number of nitrogens with zero attached hydrogens (tertiary/aromatic N) is 3. The smallest absolute Gasteiger partial charge is 0.235 e. The van der Waals surface area contributed by atoms with Crippen LogP contribution in [0.3, 0.4) is 0 Å². The lowest BCUT2D eigenvalue weighted by Gasteiger charge is -2.15. The van der Waals surface area contributed by atoms with E-state index in [0.717, 1.165) is 44.0 Å². The molecule has 0 amide bonds. The average molecular weight is 704 g/mol. The molecule has 12 rings (SSSR count). The van der Waals surface area contributed by atoms with Gasteiger partial charge in [-0.3, -0.25) is 4.57 Å². The molecule has 0 spiro atoms. The van der Waals surface area contributed by atoms with Gasteiger partial charge in [-0.05, 0) is 51.6 Å². The molecule has 3 nitrogen and oxygen atoms in total. The van der Waals surface area contributed by atoms with Crippen molar-refractivity contribution in [2.24, 2.45) is 0 Å². The zero-order valence-electron chi connectivity index (χ0n) is 29.0. The number of benzene rings is 9. The third-order valence-electron chi connectivity index (χ3n) is 11.2. The van der Waals surface area contributed by atoms with Crippen molar-refractivity contribution in [1.82, 2.24) is 14.5 Å². The van der Waals surface area contributed by atoms with Crippen molar-refractivity contribution in [2.45, 2.75) is 0 Å². The summed E-state index contributed by atoms with van der Waals surface area (Å²) in [6, 6.07) is 63.6. The van der Waals surface area contributed by atoms with Gasteiger partial charge in [-0.1, -0.05) is 152 Å². The van der Waals surface area contributed by atoms with E-state index >= 15 is 0 Å². The summed E-state index contributed by atoms with van der Waals surface area (Å²) in [5.41, 5.74) is 7.61. The van der Waals surface area contributed by atoms with E-state index in [4.69, 9.17) is 9.97 Å². The Morgan fingerprint density at radius 3 is 1.80 bits per heavy atom. The van der Waals surface area contributed by atoms with Gasteiger partial charge in [-0.2, -0.15) is 0 Å². The van der Waals surface area contributed by atoms with Crippen molar-refractivity contribution in [2.75, 3.05) is 0 Å². The SMILES string of the molecule is c1ccc(-c2nc(-n3c4c5ccccc5ccc4c4cc(-c5ccc6c(c5)sc5ccccc56)c5ccccc5c43)nc3c2ccc2ccccc23)cc1. The summed E-state index contributed by atoms with van der Waals surface area (Å²) in [7, 11) is 0. The molecule has 0 aliphatic heterocycles. The van der Waals surface area contributed by atoms with Crippen molar-refractivity contribution in [3.05, 3.63) is 176 Å². The van der Waals surface area contributed by atoms with E-state index in [1.165, 1.54) is 63.6 Å². The number of hydrogen-bond acceptors (Lipinski definition) is 3. The lowest BCUT2D eigenvalue weighted by molar-refractivity contribution is 1.02. The largest absolute Gasteiger partial charge is 0.277 e. The Morgan fingerprint density at radius 1 is 0.370 bits per heavy atom. The molecule has 3 heterocycles. The maximum Gasteiger partial charge on any atom is 0.235 e. The summed E-state index contributed by atoms with van der Waals surface area (Å²) in [5.74, 6) is 0.665. The Kier molecular flexibility index (Phi) is 6.21. The molecule has 0 unspecified atom stereocenters. The van der Waals surface area contributed by atoms with Crippen LogP contribution < -0.4 is 0 Å². The van der Waals surface area contributed by atoms with Crippen LogP contribution in [0.2, 0.25) is 0 Å². The van der Waals surface area contributed by atoms with Gasteiger partial charge in [0, 0.05) is 58.1 Å². The predicted molar refractivity (Wildman–Crippen MR) is 230 cm³/mol. The number of aromatic nitrogens is 3. The van der Waals surface area contributed by atoms with Gasteiger partial charge in [0.2, 0.25) is 5.95 Å². The Balaban J connectivity index is 1.24. The Labute approximate surface area is 314 Å². The van der Waals surface area contributed by atoms with Crippen LogP contribution in [0, 0.1) is 0 Å². The van der Waals surface area contributed by atoms with E-state index in [0.29, 0.717) is 5.95 Å². The van der Waals surface area contributed by atoms with E-state index < -0.39 is 0 Å². The first-order valence-electron chi connectivity index (χ1n) is 18.3. The molecule has 4 heteroatoms. The van der Waals surface area contributed by atoms with Crippen molar-refractivity contribution >= 4 is 96.5 Å². The normalized spacial score (nSPS) is 12.1. The summed E-state index contributed by atoms with van der Waals surface area (Å²) in [6.07, 6.45) is 0. The number of thiophene rings is 1. The topological polar surface area (TPSA) is 30.7 Å². The van der Waals surface area contributed by atoms with Crippen LogP contribution in [0.4, 0.5) is 0 Å². The molecule has 0 fully saturated rings. The highest BCUT2D eigenvalue weighted by molar-refractivity contribution is 7.25. The first-order chi connectivity index (χ1) is 26.8. The zero-order valence-corrected chi connectivity index (χ0v) is 29.8. The zero-order chi connectivity index (χ0) is 35.3. The summed E-state index contributed by atoms with van der Waals surface area (Å²) in [5, 5.41) is 13.0. The summed E-state index contributed by atoms with van der Waals surface area (Å²) >= 11 is 1.87. The maximum atomic E-state index is 5.53. The van der Waals surface area contributed by atoms with E-state index in [-0.39, 0.29) is 0 Å². The van der Waals surface area contributed by atoms with Gasteiger partial charge >= 0.3 is 0 Å². The molecule has 0 atom stereocenters. The lowest BCUT2D eigenvalue weighted by atomic mass is 9.94. The molecule has 0 saturated heterocycles. The number of fused-ring (bicyclic) bond motifs is 13. The Bertz CT molecular complexity index is 3500. The molecule has 0 radical (unpaired) electrons. The van der Waals surface area contributed by atoms with Gasteiger partial charge in [0.1, 0.15) is 0 Å². The monoisotopic (exact) mass is 703 g/mol. The third kappa shape index (κ3) is 4.23. The van der Waals surface area contributed by atoms with Crippen LogP contribution >= 0.6 is 11.3 Å². The minimum atomic E-state index is 0.665. The van der Waals surface area contributed by atoms with Gasteiger partial charge in [0.05, 0.1) is 22.2 Å². The summed E-state index contributed by atoms with van der Waals surface area (Å²) < 4.78 is 4.97. The third-order valence-corrected chi connectivity index (χ3v) is 12.3. The molecule has 0 aliphatic carbocycles. The second-order valence-electron chi connectivity index (χ2n) is 14.1. The van der Waals surface area contributed by atoms with Crippen molar-refractivity contribution in [1.29, 1.82) is 0 Å². The number of rotatable bonds is 3. The standard InChI is InChI=1S/C50H29N3S/c1-2-14-32(15-3-1)46-41-27-23-30-12-4-6-16-34(30)47(41)52-50(51-46)53-48-35-17-7-5-13-31(35)22-26-40(48)43-29-42(36-18-8-9-20-39(36)49(43)53)33-24-25-38-37-19-10-11-21-44(37)54-45(38)28-33/h1-29H. The van der Waals surface area contributed by atoms with Gasteiger partial charge in [0.25, 0.3) is 0 Å². The van der Waals surface area contributed by atoms with Crippen molar-refractivity contribution in [3.63, 3.8) is 0 Å². The summed E-state index contributed by atoms with van der Waals surface area (Å²) in [4.78, 5) is 11.1. The maximum absolute atomic E-state index is 5.53. The molecule has 0 saturated carbocycles. The minimum Gasteiger partial charge on any atom is -0.277 e. The molecule has 0 N–H and O–H groups in total. The molecule has 0 aliphatic rings. The summed E-state index contributed by atoms with van der Waals surface area (Å²) in [6.45, 7) is 0. The van der Waals surface area contributed by atoms with Crippen molar-refractivity contribution in [3.8, 4) is 28.3 Å². The van der Waals surface area contributed by atoms with Crippen LogP contribution in [0.5, 0.6) is 0 Å². The average Bonchev–Trinajstić information content (AvgIpc) is 3.79. The molecule has 12 aromatic rings. The first kappa shape index (κ1) is 29.7. The number of hydrogen-bond donors (Lipinski definition) is 0. The Morgan fingerprint density at radius 2 is 0.963 bits per heavy atom. The molecule has 3 aromatic heterocycles. The highest BCUT2D eigenvalue weighted by atomic mass is 32.1. The second kappa shape index (κ2) is 11.3. The van der Waals surface area contributed by atoms with Crippen LogP contribution in [-0.2, 0) is 0 Å². The first-order valence-corrected chi connectivity index (χ1v) is 19.1. The molecule has 250 valence electrons. The van der Waals surface area contributed by atoms with Gasteiger partial charge in [-0.15, -0.1) is 11.3 Å². The van der Waals surface area contributed by atoms with E-state index in [1.54, 1.807) is 0 Å². The molecule has 54 heavy (non-hydrogen) atoms. The fourth-order valence-electron chi connectivity index (χ4n) is 8.73. The highest BCUT2D eigenvalue weighted by Gasteiger charge is 2.23. The molecule has 0 bridgehead atoms. The highest BCUT2D eigenvalue weighted by Crippen LogP contribution is 2.45. The quantitative estimate of drug-likeness (QED) is 0.172. The second-order valence-corrected chi connectivity index (χ2v) is 15.2. The fraction of sp³-hybridized carbons (Fsp3) is 0. The minimum absolute atomic E-state index is 0.665. The fourth-order valence-corrected chi connectivity index (χ4v) is 9.88. The van der Waals surface area contributed by atoms with Gasteiger partial charge in [-0.25, -0.2) is 9.97 Å². The van der Waals surface area contributed by atoms with Gasteiger partial charge < -0.3 is 0 Å². The molecular formula is C50H29N3S. The van der Waals surface area contributed by atoms with Crippen molar-refractivity contribution < 1.29 is 0 Å².